The Kier molecular flexibility index (Phi) is 7.76. The van der Waals surface area contributed by atoms with Crippen molar-refractivity contribution >= 4 is 34.8 Å². The minimum absolute atomic E-state index is 0.493. The third-order valence-electron chi connectivity index (χ3n) is 5.30. The normalized spacial score (nSPS) is 11.1. The van der Waals surface area contributed by atoms with Gasteiger partial charge in [-0.2, -0.15) is 10.2 Å². The van der Waals surface area contributed by atoms with Crippen LogP contribution in [0.2, 0.25) is 0 Å². The SMILES string of the molecule is COc1cccc(/C=N/Nc2nnc(N/N=C/c3cccc(OC)c3OC)c3ccccc23)c1OC. The van der Waals surface area contributed by atoms with Crippen molar-refractivity contribution in [1.82, 2.24) is 10.2 Å². The van der Waals surface area contributed by atoms with Crippen LogP contribution in [0, 0.1) is 0 Å². The van der Waals surface area contributed by atoms with Gasteiger partial charge in [-0.1, -0.05) is 36.4 Å². The molecule has 0 spiro atoms. The fourth-order valence-corrected chi connectivity index (χ4v) is 3.62. The van der Waals surface area contributed by atoms with Gasteiger partial charge < -0.3 is 18.9 Å². The fraction of sp³-hybridized carbons (Fsp3) is 0.154. The van der Waals surface area contributed by atoms with Gasteiger partial charge in [-0.05, 0) is 24.3 Å². The first kappa shape index (κ1) is 24.3. The number of methoxy groups -OCH3 is 4. The van der Waals surface area contributed by atoms with E-state index in [1.165, 1.54) is 0 Å². The number of aromatic nitrogens is 2. The lowest BCUT2D eigenvalue weighted by atomic mass is 10.2. The van der Waals surface area contributed by atoms with Crippen LogP contribution < -0.4 is 29.8 Å². The summed E-state index contributed by atoms with van der Waals surface area (Å²) in [5, 5.41) is 18.9. The summed E-state index contributed by atoms with van der Waals surface area (Å²) in [6.45, 7) is 0. The first-order valence-electron chi connectivity index (χ1n) is 11.0. The van der Waals surface area contributed by atoms with Gasteiger partial charge in [0.1, 0.15) is 0 Å². The van der Waals surface area contributed by atoms with Crippen molar-refractivity contribution in [3.8, 4) is 23.0 Å². The molecule has 0 aliphatic rings. The van der Waals surface area contributed by atoms with Crippen LogP contribution in [-0.2, 0) is 0 Å². The molecule has 0 fully saturated rings. The Morgan fingerprint density at radius 1 is 0.583 bits per heavy atom. The van der Waals surface area contributed by atoms with Crippen LogP contribution in [0.3, 0.4) is 0 Å². The van der Waals surface area contributed by atoms with E-state index in [0.717, 1.165) is 21.9 Å². The molecule has 1 heterocycles. The van der Waals surface area contributed by atoms with Crippen LogP contribution in [0.25, 0.3) is 10.8 Å². The van der Waals surface area contributed by atoms with Gasteiger partial charge in [0.2, 0.25) is 0 Å². The molecule has 0 unspecified atom stereocenters. The van der Waals surface area contributed by atoms with Gasteiger partial charge in [0.05, 0.1) is 40.9 Å². The molecular formula is C26H26N6O4. The van der Waals surface area contributed by atoms with Crippen molar-refractivity contribution in [1.29, 1.82) is 0 Å². The molecule has 4 aromatic rings. The summed E-state index contributed by atoms with van der Waals surface area (Å²) in [7, 11) is 6.34. The molecule has 0 bridgehead atoms. The summed E-state index contributed by atoms with van der Waals surface area (Å²) in [4.78, 5) is 0. The molecule has 10 nitrogen and oxygen atoms in total. The van der Waals surface area contributed by atoms with Gasteiger partial charge in [-0.25, -0.2) is 0 Å². The fourth-order valence-electron chi connectivity index (χ4n) is 3.62. The van der Waals surface area contributed by atoms with Gasteiger partial charge in [0, 0.05) is 21.9 Å². The number of ether oxygens (including phenoxy) is 4. The van der Waals surface area contributed by atoms with Crippen molar-refractivity contribution < 1.29 is 18.9 Å². The molecule has 0 saturated heterocycles. The van der Waals surface area contributed by atoms with Crippen molar-refractivity contribution in [2.75, 3.05) is 39.3 Å². The number of nitrogens with one attached hydrogen (secondary N) is 2. The van der Waals surface area contributed by atoms with E-state index in [1.807, 2.05) is 60.7 Å². The predicted molar refractivity (Wildman–Crippen MR) is 141 cm³/mol. The summed E-state index contributed by atoms with van der Waals surface area (Å²) in [5.41, 5.74) is 7.43. The smallest absolute Gasteiger partial charge is 0.176 e. The van der Waals surface area contributed by atoms with Gasteiger partial charge in [0.15, 0.2) is 34.6 Å². The van der Waals surface area contributed by atoms with Crippen molar-refractivity contribution in [3.63, 3.8) is 0 Å². The summed E-state index contributed by atoms with van der Waals surface area (Å²) in [6, 6.07) is 18.8. The Balaban J connectivity index is 1.56. The molecule has 3 aromatic carbocycles. The maximum atomic E-state index is 5.44. The Morgan fingerprint density at radius 3 is 1.42 bits per heavy atom. The molecule has 0 aliphatic carbocycles. The van der Waals surface area contributed by atoms with E-state index in [-0.39, 0.29) is 0 Å². The Hall–Kier alpha value is -4.86. The largest absolute Gasteiger partial charge is 0.493 e. The zero-order valence-electron chi connectivity index (χ0n) is 20.4. The predicted octanol–water partition coefficient (Wildman–Crippen LogP) is 4.56. The second-order valence-electron chi connectivity index (χ2n) is 7.35. The maximum Gasteiger partial charge on any atom is 0.176 e. The molecule has 0 saturated carbocycles. The van der Waals surface area contributed by atoms with Crippen LogP contribution >= 0.6 is 0 Å². The molecular weight excluding hydrogens is 460 g/mol. The molecule has 184 valence electrons. The highest BCUT2D eigenvalue weighted by atomic mass is 16.5. The number of anilines is 2. The zero-order valence-corrected chi connectivity index (χ0v) is 20.4. The van der Waals surface area contributed by atoms with Crippen LogP contribution in [0.1, 0.15) is 11.1 Å². The van der Waals surface area contributed by atoms with Gasteiger partial charge >= 0.3 is 0 Å². The van der Waals surface area contributed by atoms with Crippen LogP contribution in [0.4, 0.5) is 11.6 Å². The number of nitrogens with zero attached hydrogens (tertiary/aromatic N) is 4. The second kappa shape index (κ2) is 11.5. The molecule has 2 N–H and O–H groups in total. The zero-order chi connectivity index (χ0) is 25.3. The van der Waals surface area contributed by atoms with E-state index in [2.05, 4.69) is 31.3 Å². The molecule has 0 radical (unpaired) electrons. The highest BCUT2D eigenvalue weighted by Gasteiger charge is 2.11. The number of fused-ring (bicyclic) bond motifs is 1. The van der Waals surface area contributed by atoms with E-state index < -0.39 is 0 Å². The van der Waals surface area contributed by atoms with Gasteiger partial charge in [-0.3, -0.25) is 10.9 Å². The number of hydrogen-bond donors (Lipinski definition) is 2. The molecule has 36 heavy (non-hydrogen) atoms. The van der Waals surface area contributed by atoms with Crippen LogP contribution in [-0.4, -0.2) is 51.1 Å². The number of benzene rings is 3. The van der Waals surface area contributed by atoms with Crippen LogP contribution in [0.15, 0.2) is 70.9 Å². The lowest BCUT2D eigenvalue weighted by molar-refractivity contribution is 0.354. The second-order valence-corrected chi connectivity index (χ2v) is 7.35. The summed E-state index contributed by atoms with van der Waals surface area (Å²) >= 11 is 0. The molecule has 0 aliphatic heterocycles. The van der Waals surface area contributed by atoms with E-state index in [4.69, 9.17) is 18.9 Å². The number of hydrazone groups is 2. The topological polar surface area (TPSA) is 111 Å². The third kappa shape index (κ3) is 5.12. The molecule has 0 amide bonds. The average molecular weight is 487 g/mol. The Labute approximate surface area is 208 Å². The first-order valence-corrected chi connectivity index (χ1v) is 11.0. The quantitative estimate of drug-likeness (QED) is 0.248. The third-order valence-corrected chi connectivity index (χ3v) is 5.30. The minimum Gasteiger partial charge on any atom is -0.493 e. The Morgan fingerprint density at radius 2 is 1.03 bits per heavy atom. The number of rotatable bonds is 10. The number of hydrogen-bond acceptors (Lipinski definition) is 10. The summed E-state index contributed by atoms with van der Waals surface area (Å²) in [6.07, 6.45) is 3.27. The van der Waals surface area contributed by atoms with E-state index >= 15 is 0 Å². The summed E-state index contributed by atoms with van der Waals surface area (Å²) in [5.74, 6) is 3.40. The lowest BCUT2D eigenvalue weighted by Gasteiger charge is -2.10. The lowest BCUT2D eigenvalue weighted by Crippen LogP contribution is -2.02. The van der Waals surface area contributed by atoms with E-state index in [9.17, 15) is 0 Å². The van der Waals surface area contributed by atoms with Crippen molar-refractivity contribution in [2.24, 2.45) is 10.2 Å². The average Bonchev–Trinajstić information content (AvgIpc) is 2.93. The molecule has 1 aromatic heterocycles. The first-order chi connectivity index (χ1) is 17.7. The molecule has 10 heteroatoms. The highest BCUT2D eigenvalue weighted by molar-refractivity contribution is 5.99. The summed E-state index contributed by atoms with van der Waals surface area (Å²) < 4.78 is 21.6. The standard InChI is InChI=1S/C26H26N6O4/c1-33-21-13-7-9-17(23(21)35-3)15-27-29-25-19-11-5-6-12-20(19)26(32-31-25)30-28-16-18-10-8-14-22(34-2)24(18)36-4/h5-16H,1-4H3,(H,29,31)(H,30,32)/b27-15+,28-16+. The van der Waals surface area contributed by atoms with Crippen molar-refractivity contribution in [2.45, 2.75) is 0 Å². The molecule has 4 rings (SSSR count). The maximum absolute atomic E-state index is 5.44. The van der Waals surface area contributed by atoms with Gasteiger partial charge in [0.25, 0.3) is 0 Å². The van der Waals surface area contributed by atoms with E-state index in [1.54, 1.807) is 40.9 Å². The number of para-hydroxylation sites is 2. The van der Waals surface area contributed by atoms with Crippen molar-refractivity contribution in [3.05, 3.63) is 71.8 Å². The van der Waals surface area contributed by atoms with Crippen LogP contribution in [0.5, 0.6) is 23.0 Å². The highest BCUT2D eigenvalue weighted by Crippen LogP contribution is 2.31. The van der Waals surface area contributed by atoms with E-state index in [0.29, 0.717) is 34.6 Å². The Bertz CT molecular complexity index is 1300. The molecule has 0 atom stereocenters. The monoisotopic (exact) mass is 486 g/mol. The van der Waals surface area contributed by atoms with Gasteiger partial charge in [-0.15, -0.1) is 10.2 Å². The minimum atomic E-state index is 0.493.